The van der Waals surface area contributed by atoms with E-state index in [0.29, 0.717) is 5.92 Å². The Labute approximate surface area is 158 Å². The average molecular weight is 361 g/mol. The van der Waals surface area contributed by atoms with Gasteiger partial charge in [0.15, 0.2) is 5.65 Å². The van der Waals surface area contributed by atoms with Crippen LogP contribution in [0.1, 0.15) is 35.8 Å². The SMILES string of the molecule is Cc1nc(C2CC2)nc(N2CCN(c3ncnc4ncccc34)CC2)c1C. The number of hydrogen-bond donors (Lipinski definition) is 0. The first-order valence-electron chi connectivity index (χ1n) is 9.61. The second kappa shape index (κ2) is 6.40. The van der Waals surface area contributed by atoms with Crippen LogP contribution in [0.3, 0.4) is 0 Å². The predicted molar refractivity (Wildman–Crippen MR) is 105 cm³/mol. The Bertz CT molecular complexity index is 986. The molecule has 0 amide bonds. The van der Waals surface area contributed by atoms with E-state index in [1.54, 1.807) is 12.5 Å². The molecule has 0 aromatic carbocycles. The van der Waals surface area contributed by atoms with Crippen molar-refractivity contribution in [3.05, 3.63) is 41.7 Å². The van der Waals surface area contributed by atoms with E-state index in [0.717, 1.165) is 60.4 Å². The predicted octanol–water partition coefficient (Wildman–Crippen LogP) is 2.64. The van der Waals surface area contributed by atoms with E-state index in [1.807, 2.05) is 12.1 Å². The van der Waals surface area contributed by atoms with Gasteiger partial charge in [0.05, 0.1) is 5.39 Å². The fourth-order valence-corrected chi connectivity index (χ4v) is 3.73. The van der Waals surface area contributed by atoms with Gasteiger partial charge >= 0.3 is 0 Å². The van der Waals surface area contributed by atoms with Gasteiger partial charge in [-0.05, 0) is 38.8 Å². The van der Waals surface area contributed by atoms with E-state index >= 15 is 0 Å². The van der Waals surface area contributed by atoms with Crippen molar-refractivity contribution in [3.63, 3.8) is 0 Å². The molecular formula is C20H23N7. The molecule has 138 valence electrons. The van der Waals surface area contributed by atoms with Crippen LogP contribution < -0.4 is 9.80 Å². The third-order valence-electron chi connectivity index (χ3n) is 5.59. The molecular weight excluding hydrogens is 338 g/mol. The fraction of sp³-hybridized carbons (Fsp3) is 0.450. The zero-order chi connectivity index (χ0) is 18.4. The molecule has 1 saturated heterocycles. The summed E-state index contributed by atoms with van der Waals surface area (Å²) < 4.78 is 0. The summed E-state index contributed by atoms with van der Waals surface area (Å²) in [7, 11) is 0. The summed E-state index contributed by atoms with van der Waals surface area (Å²) in [6.07, 6.45) is 5.83. The first kappa shape index (κ1) is 16.4. The van der Waals surface area contributed by atoms with Crippen molar-refractivity contribution < 1.29 is 0 Å². The van der Waals surface area contributed by atoms with Crippen LogP contribution in [0.15, 0.2) is 24.7 Å². The molecule has 3 aromatic heterocycles. The van der Waals surface area contributed by atoms with Crippen LogP contribution in [0.2, 0.25) is 0 Å². The Morgan fingerprint density at radius 2 is 1.63 bits per heavy atom. The number of fused-ring (bicyclic) bond motifs is 1. The molecule has 0 atom stereocenters. The fourth-order valence-electron chi connectivity index (χ4n) is 3.73. The van der Waals surface area contributed by atoms with Gasteiger partial charge in [0.1, 0.15) is 23.8 Å². The Hall–Kier alpha value is -2.83. The first-order valence-corrected chi connectivity index (χ1v) is 9.61. The van der Waals surface area contributed by atoms with Crippen molar-refractivity contribution in [2.24, 2.45) is 0 Å². The molecule has 2 fully saturated rings. The minimum atomic E-state index is 0.573. The quantitative estimate of drug-likeness (QED) is 0.710. The summed E-state index contributed by atoms with van der Waals surface area (Å²) in [6.45, 7) is 7.89. The van der Waals surface area contributed by atoms with E-state index in [9.17, 15) is 0 Å². The summed E-state index contributed by atoms with van der Waals surface area (Å²) >= 11 is 0. The number of anilines is 2. The van der Waals surface area contributed by atoms with Crippen LogP contribution in [0.4, 0.5) is 11.6 Å². The first-order chi connectivity index (χ1) is 13.2. The highest BCUT2D eigenvalue weighted by Crippen LogP contribution is 2.39. The van der Waals surface area contributed by atoms with Crippen molar-refractivity contribution in [2.75, 3.05) is 36.0 Å². The number of hydrogen-bond acceptors (Lipinski definition) is 7. The van der Waals surface area contributed by atoms with Crippen molar-refractivity contribution in [3.8, 4) is 0 Å². The lowest BCUT2D eigenvalue weighted by molar-refractivity contribution is 0.637. The highest BCUT2D eigenvalue weighted by Gasteiger charge is 2.29. The molecule has 5 rings (SSSR count). The van der Waals surface area contributed by atoms with Crippen LogP contribution in [-0.2, 0) is 0 Å². The summed E-state index contributed by atoms with van der Waals surface area (Å²) in [5.41, 5.74) is 3.06. The van der Waals surface area contributed by atoms with Crippen LogP contribution in [0.5, 0.6) is 0 Å². The molecule has 1 saturated carbocycles. The molecule has 2 aliphatic rings. The van der Waals surface area contributed by atoms with Gasteiger partial charge in [-0.25, -0.2) is 24.9 Å². The van der Waals surface area contributed by atoms with Crippen LogP contribution in [0, 0.1) is 13.8 Å². The number of aromatic nitrogens is 5. The van der Waals surface area contributed by atoms with Crippen molar-refractivity contribution >= 4 is 22.7 Å². The molecule has 4 heterocycles. The van der Waals surface area contributed by atoms with Crippen LogP contribution in [-0.4, -0.2) is 51.1 Å². The van der Waals surface area contributed by atoms with Gasteiger partial charge in [0.2, 0.25) is 0 Å². The van der Waals surface area contributed by atoms with E-state index < -0.39 is 0 Å². The largest absolute Gasteiger partial charge is 0.353 e. The Kier molecular flexibility index (Phi) is 3.88. The standard InChI is InChI=1S/C20H23N7/c1-13-14(2)24-17(15-5-6-15)25-19(13)26-8-10-27(11-9-26)20-16-4-3-7-21-18(16)22-12-23-20/h3-4,7,12,15H,5-6,8-11H2,1-2H3. The maximum absolute atomic E-state index is 4.93. The minimum Gasteiger partial charge on any atom is -0.353 e. The molecule has 7 nitrogen and oxygen atoms in total. The number of pyridine rings is 1. The third kappa shape index (κ3) is 2.97. The topological polar surface area (TPSA) is 70.9 Å². The molecule has 3 aromatic rings. The zero-order valence-electron chi connectivity index (χ0n) is 15.8. The van der Waals surface area contributed by atoms with Gasteiger partial charge in [-0.3, -0.25) is 0 Å². The van der Waals surface area contributed by atoms with E-state index in [2.05, 4.69) is 38.6 Å². The summed E-state index contributed by atoms with van der Waals surface area (Å²) in [4.78, 5) is 27.5. The number of piperazine rings is 1. The summed E-state index contributed by atoms with van der Waals surface area (Å²) in [5.74, 6) is 3.69. The highest BCUT2D eigenvalue weighted by molar-refractivity contribution is 5.86. The lowest BCUT2D eigenvalue weighted by atomic mass is 10.2. The van der Waals surface area contributed by atoms with Crippen LogP contribution >= 0.6 is 0 Å². The van der Waals surface area contributed by atoms with Gasteiger partial charge in [0, 0.05) is 49.6 Å². The van der Waals surface area contributed by atoms with Crippen molar-refractivity contribution in [2.45, 2.75) is 32.6 Å². The second-order valence-corrected chi connectivity index (χ2v) is 7.44. The maximum atomic E-state index is 4.93. The van der Waals surface area contributed by atoms with Crippen molar-refractivity contribution in [1.82, 2.24) is 24.9 Å². The lowest BCUT2D eigenvalue weighted by Crippen LogP contribution is -2.47. The number of rotatable bonds is 3. The third-order valence-corrected chi connectivity index (χ3v) is 5.59. The molecule has 0 unspecified atom stereocenters. The zero-order valence-corrected chi connectivity index (χ0v) is 15.8. The molecule has 0 radical (unpaired) electrons. The smallest absolute Gasteiger partial charge is 0.164 e. The molecule has 1 aliphatic carbocycles. The molecule has 7 heteroatoms. The molecule has 1 aliphatic heterocycles. The van der Waals surface area contributed by atoms with Gasteiger partial charge in [0.25, 0.3) is 0 Å². The Morgan fingerprint density at radius 3 is 2.37 bits per heavy atom. The second-order valence-electron chi connectivity index (χ2n) is 7.44. The average Bonchev–Trinajstić information content (AvgIpc) is 3.55. The highest BCUT2D eigenvalue weighted by atomic mass is 15.3. The number of nitrogens with zero attached hydrogens (tertiary/aromatic N) is 7. The lowest BCUT2D eigenvalue weighted by Gasteiger charge is -2.37. The Morgan fingerprint density at radius 1 is 0.889 bits per heavy atom. The molecule has 0 N–H and O–H groups in total. The van der Waals surface area contributed by atoms with Crippen LogP contribution in [0.25, 0.3) is 11.0 Å². The molecule has 27 heavy (non-hydrogen) atoms. The van der Waals surface area contributed by atoms with E-state index in [4.69, 9.17) is 9.97 Å². The molecule has 0 bridgehead atoms. The molecule has 0 spiro atoms. The number of aryl methyl sites for hydroxylation is 1. The van der Waals surface area contributed by atoms with Gasteiger partial charge < -0.3 is 9.80 Å². The van der Waals surface area contributed by atoms with Crippen molar-refractivity contribution in [1.29, 1.82) is 0 Å². The monoisotopic (exact) mass is 361 g/mol. The van der Waals surface area contributed by atoms with Gasteiger partial charge in [-0.2, -0.15) is 0 Å². The normalized spacial score (nSPS) is 17.6. The van der Waals surface area contributed by atoms with Gasteiger partial charge in [-0.1, -0.05) is 0 Å². The summed E-state index contributed by atoms with van der Waals surface area (Å²) in [5, 5.41) is 1.01. The summed E-state index contributed by atoms with van der Waals surface area (Å²) in [6, 6.07) is 3.99. The minimum absolute atomic E-state index is 0.573. The Balaban J connectivity index is 1.39. The van der Waals surface area contributed by atoms with Gasteiger partial charge in [-0.15, -0.1) is 0 Å². The maximum Gasteiger partial charge on any atom is 0.164 e. The van der Waals surface area contributed by atoms with E-state index in [1.165, 1.54) is 18.4 Å². The van der Waals surface area contributed by atoms with E-state index in [-0.39, 0.29) is 0 Å².